The lowest BCUT2D eigenvalue weighted by Crippen LogP contribution is -2.38. The molecular formula is C8H21N2O3S+. The summed E-state index contributed by atoms with van der Waals surface area (Å²) in [5, 5.41) is 0. The third kappa shape index (κ3) is 8.43. The van der Waals surface area contributed by atoms with Gasteiger partial charge in [0.1, 0.15) is 13.2 Å². The summed E-state index contributed by atoms with van der Waals surface area (Å²) >= 11 is 0. The Morgan fingerprint density at radius 1 is 1.29 bits per heavy atom. The van der Waals surface area contributed by atoms with Crippen molar-refractivity contribution in [3.63, 3.8) is 0 Å². The van der Waals surface area contributed by atoms with E-state index in [2.05, 4.69) is 0 Å². The second-order valence-electron chi connectivity index (χ2n) is 4.24. The molecule has 0 bridgehead atoms. The topological polar surface area (TPSA) is 69.4 Å². The molecule has 0 aliphatic heterocycles. The van der Waals surface area contributed by atoms with Crippen molar-refractivity contribution in [2.45, 2.75) is 6.42 Å². The smallest absolute Gasteiger partial charge is 0.267 e. The molecule has 0 aliphatic rings. The molecule has 0 aromatic carbocycles. The molecule has 0 atom stereocenters. The Morgan fingerprint density at radius 2 is 1.86 bits per heavy atom. The highest BCUT2D eigenvalue weighted by atomic mass is 32.2. The summed E-state index contributed by atoms with van der Waals surface area (Å²) in [4.78, 5) is 0. The van der Waals surface area contributed by atoms with Gasteiger partial charge < -0.3 is 10.2 Å². The molecule has 6 heteroatoms. The molecule has 0 rings (SSSR count). The highest BCUT2D eigenvalue weighted by Crippen LogP contribution is 1.97. The van der Waals surface area contributed by atoms with Gasteiger partial charge in [-0.15, -0.1) is 0 Å². The maximum atomic E-state index is 11.2. The van der Waals surface area contributed by atoms with Gasteiger partial charge in [-0.1, -0.05) is 0 Å². The number of nitrogens with zero attached hydrogens (tertiary/aromatic N) is 1. The van der Waals surface area contributed by atoms with Crippen LogP contribution in [-0.4, -0.2) is 59.5 Å². The van der Waals surface area contributed by atoms with Crippen LogP contribution < -0.4 is 5.73 Å². The zero-order valence-electron chi connectivity index (χ0n) is 9.19. The van der Waals surface area contributed by atoms with E-state index < -0.39 is 10.1 Å². The number of likely N-dealkylation sites (N-methyl/N-ethyl adjacent to an activating group) is 1. The Balaban J connectivity index is 3.78. The number of quaternary nitrogens is 1. The minimum atomic E-state index is -3.36. The fraction of sp³-hybridized carbons (Fsp3) is 1.00. The lowest BCUT2D eigenvalue weighted by molar-refractivity contribution is -0.870. The third-order valence-electron chi connectivity index (χ3n) is 1.62. The predicted octanol–water partition coefficient (Wildman–Crippen LogP) is -0.612. The van der Waals surface area contributed by atoms with Crippen molar-refractivity contribution >= 4 is 10.1 Å². The molecule has 0 aromatic heterocycles. The van der Waals surface area contributed by atoms with E-state index in [0.29, 0.717) is 24.0 Å². The van der Waals surface area contributed by atoms with Crippen molar-refractivity contribution in [2.75, 3.05) is 46.6 Å². The van der Waals surface area contributed by atoms with Crippen molar-refractivity contribution in [1.82, 2.24) is 0 Å². The minimum Gasteiger partial charge on any atom is -0.330 e. The van der Waals surface area contributed by atoms with Crippen LogP contribution in [0.5, 0.6) is 0 Å². The summed E-state index contributed by atoms with van der Waals surface area (Å²) in [5.74, 6) is 0.0145. The number of rotatable bonds is 7. The van der Waals surface area contributed by atoms with Crippen LogP contribution >= 0.6 is 0 Å². The molecule has 0 heterocycles. The second kappa shape index (κ2) is 5.65. The van der Waals surface area contributed by atoms with E-state index in [0.717, 1.165) is 0 Å². The van der Waals surface area contributed by atoms with E-state index >= 15 is 0 Å². The first-order valence-electron chi connectivity index (χ1n) is 4.64. The van der Waals surface area contributed by atoms with E-state index in [-0.39, 0.29) is 12.4 Å². The molecule has 0 spiro atoms. The third-order valence-corrected chi connectivity index (χ3v) is 2.94. The first-order chi connectivity index (χ1) is 6.27. The van der Waals surface area contributed by atoms with Crippen LogP contribution in [0, 0.1) is 0 Å². The van der Waals surface area contributed by atoms with Gasteiger partial charge in [-0.2, -0.15) is 8.42 Å². The maximum Gasteiger partial charge on any atom is 0.267 e. The van der Waals surface area contributed by atoms with Crippen LogP contribution in [0.4, 0.5) is 0 Å². The Morgan fingerprint density at radius 3 is 2.29 bits per heavy atom. The van der Waals surface area contributed by atoms with E-state index in [4.69, 9.17) is 9.92 Å². The largest absolute Gasteiger partial charge is 0.330 e. The summed E-state index contributed by atoms with van der Waals surface area (Å²) < 4.78 is 27.9. The molecular weight excluding hydrogens is 204 g/mol. The second-order valence-corrected chi connectivity index (χ2v) is 6.00. The zero-order valence-corrected chi connectivity index (χ0v) is 10.0. The van der Waals surface area contributed by atoms with Gasteiger partial charge in [-0.3, -0.25) is 4.18 Å². The SMILES string of the molecule is C[N+](C)(C)CCOS(=O)(=O)CCCN. The van der Waals surface area contributed by atoms with Crippen LogP contribution in [0.1, 0.15) is 6.42 Å². The van der Waals surface area contributed by atoms with Crippen LogP contribution in [-0.2, 0) is 14.3 Å². The quantitative estimate of drug-likeness (QED) is 0.463. The van der Waals surface area contributed by atoms with Gasteiger partial charge >= 0.3 is 0 Å². The molecule has 2 N–H and O–H groups in total. The molecule has 14 heavy (non-hydrogen) atoms. The van der Waals surface area contributed by atoms with Gasteiger partial charge in [0, 0.05) is 0 Å². The zero-order chi connectivity index (χ0) is 11.2. The normalized spacial score (nSPS) is 13.1. The fourth-order valence-corrected chi connectivity index (χ4v) is 1.72. The molecule has 0 fully saturated rings. The van der Waals surface area contributed by atoms with E-state index in [1.54, 1.807) is 0 Å². The molecule has 0 aromatic rings. The Labute approximate surface area is 86.6 Å². The van der Waals surface area contributed by atoms with Gasteiger partial charge in [0.2, 0.25) is 0 Å². The number of nitrogens with two attached hydrogens (primary N) is 1. The van der Waals surface area contributed by atoms with E-state index in [9.17, 15) is 8.42 Å². The lowest BCUT2D eigenvalue weighted by Gasteiger charge is -2.23. The van der Waals surface area contributed by atoms with Gasteiger partial charge in [0.15, 0.2) is 0 Å². The summed E-state index contributed by atoms with van der Waals surface area (Å²) in [6.07, 6.45) is 0.451. The maximum absolute atomic E-state index is 11.2. The average molecular weight is 225 g/mol. The summed E-state index contributed by atoms with van der Waals surface area (Å²) in [5.41, 5.74) is 5.21. The van der Waals surface area contributed by atoms with Crippen molar-refractivity contribution in [3.05, 3.63) is 0 Å². The standard InChI is InChI=1S/C8H21N2O3S/c1-10(2,3)6-7-13-14(11,12)8-4-5-9/h4-9H2,1-3H3/q+1. The van der Waals surface area contributed by atoms with Crippen LogP contribution in [0.2, 0.25) is 0 Å². The number of hydrogen-bond acceptors (Lipinski definition) is 4. The summed E-state index contributed by atoms with van der Waals surface area (Å²) in [6.45, 7) is 1.27. The van der Waals surface area contributed by atoms with Crippen molar-refractivity contribution in [3.8, 4) is 0 Å². The highest BCUT2D eigenvalue weighted by Gasteiger charge is 2.13. The first kappa shape index (κ1) is 13.8. The molecule has 5 nitrogen and oxygen atoms in total. The van der Waals surface area contributed by atoms with Gasteiger partial charge in [0.05, 0.1) is 26.9 Å². The molecule has 0 amide bonds. The predicted molar refractivity (Wildman–Crippen MR) is 56.3 cm³/mol. The molecule has 0 saturated heterocycles. The lowest BCUT2D eigenvalue weighted by atomic mass is 10.5. The van der Waals surface area contributed by atoms with Crippen molar-refractivity contribution < 1.29 is 17.1 Å². The monoisotopic (exact) mass is 225 g/mol. The van der Waals surface area contributed by atoms with Crippen LogP contribution in [0.3, 0.4) is 0 Å². The molecule has 0 unspecified atom stereocenters. The minimum absolute atomic E-state index is 0.0145. The van der Waals surface area contributed by atoms with Crippen molar-refractivity contribution in [1.29, 1.82) is 0 Å². The molecule has 86 valence electrons. The van der Waals surface area contributed by atoms with Crippen LogP contribution in [0.25, 0.3) is 0 Å². The molecule has 0 radical (unpaired) electrons. The highest BCUT2D eigenvalue weighted by molar-refractivity contribution is 7.86. The molecule has 0 saturated carbocycles. The average Bonchev–Trinajstić information content (AvgIpc) is 1.98. The van der Waals surface area contributed by atoms with Gasteiger partial charge in [-0.25, -0.2) is 0 Å². The van der Waals surface area contributed by atoms with Crippen LogP contribution in [0.15, 0.2) is 0 Å². The number of hydrogen-bond donors (Lipinski definition) is 1. The summed E-state index contributed by atoms with van der Waals surface area (Å²) in [6, 6.07) is 0. The molecule has 0 aliphatic carbocycles. The Hall–Kier alpha value is -0.170. The summed E-state index contributed by atoms with van der Waals surface area (Å²) in [7, 11) is 2.59. The Bertz CT molecular complexity index is 244. The first-order valence-corrected chi connectivity index (χ1v) is 6.22. The van der Waals surface area contributed by atoms with E-state index in [1.165, 1.54) is 0 Å². The fourth-order valence-electron chi connectivity index (χ4n) is 0.757. The van der Waals surface area contributed by atoms with Crippen molar-refractivity contribution in [2.24, 2.45) is 5.73 Å². The Kier molecular flexibility index (Phi) is 5.58. The van der Waals surface area contributed by atoms with E-state index in [1.807, 2.05) is 21.1 Å². The van der Waals surface area contributed by atoms with Gasteiger partial charge in [0.25, 0.3) is 10.1 Å². The van der Waals surface area contributed by atoms with Gasteiger partial charge in [-0.05, 0) is 13.0 Å².